The van der Waals surface area contributed by atoms with E-state index in [-0.39, 0.29) is 18.1 Å². The maximum absolute atomic E-state index is 13.3. The molecule has 2 aliphatic rings. The number of Topliss-reactive ketones (excluding diaryl/α,β-unsaturated/α-hetero) is 1. The molecule has 2 aromatic rings. The fourth-order valence-corrected chi connectivity index (χ4v) is 4.79. The van der Waals surface area contributed by atoms with E-state index in [1.54, 1.807) is 41.3 Å². The van der Waals surface area contributed by atoms with E-state index < -0.39 is 17.7 Å². The minimum Gasteiger partial charge on any atom is -0.507 e. The van der Waals surface area contributed by atoms with Gasteiger partial charge in [0, 0.05) is 12.1 Å². The van der Waals surface area contributed by atoms with E-state index in [2.05, 4.69) is 18.7 Å². The standard InChI is InChI=1S/C28H34N2O7/c1-5-29(6-2)13-8-14-30-25(18-9-11-20(35-7-3)22(15-18)34-4)24(27(32)28(30)33)26(31)19-10-12-21-23(16-19)37-17-36-21/h9-12,15-16,25,31H,5-8,13-14,17H2,1-4H3/b26-24+. The Morgan fingerprint density at radius 2 is 1.81 bits per heavy atom. The number of fused-ring (bicyclic) bond motifs is 1. The number of amides is 1. The summed E-state index contributed by atoms with van der Waals surface area (Å²) in [5.74, 6) is 0.438. The van der Waals surface area contributed by atoms with Gasteiger partial charge in [-0.2, -0.15) is 0 Å². The molecule has 37 heavy (non-hydrogen) atoms. The smallest absolute Gasteiger partial charge is 0.295 e. The third kappa shape index (κ3) is 5.22. The normalized spacial score (nSPS) is 18.1. The first-order valence-electron chi connectivity index (χ1n) is 12.6. The number of hydrogen-bond donors (Lipinski definition) is 1. The summed E-state index contributed by atoms with van der Waals surface area (Å²) in [5.41, 5.74) is 1.04. The Balaban J connectivity index is 1.77. The zero-order valence-corrected chi connectivity index (χ0v) is 21.8. The SMILES string of the molecule is CCOc1ccc(C2/C(=C(\O)c3ccc4c(c3)OCO4)C(=O)C(=O)N2CCCN(CC)CC)cc1OC. The van der Waals surface area contributed by atoms with Crippen molar-refractivity contribution in [2.24, 2.45) is 0 Å². The van der Waals surface area contributed by atoms with Gasteiger partial charge in [0.1, 0.15) is 5.76 Å². The number of likely N-dealkylation sites (tertiary alicyclic amines) is 1. The summed E-state index contributed by atoms with van der Waals surface area (Å²) in [7, 11) is 1.54. The molecule has 2 aliphatic heterocycles. The lowest BCUT2D eigenvalue weighted by Crippen LogP contribution is -2.33. The Kier molecular flexibility index (Phi) is 8.23. The number of aliphatic hydroxyl groups is 1. The lowest BCUT2D eigenvalue weighted by molar-refractivity contribution is -0.140. The quantitative estimate of drug-likeness (QED) is 0.276. The van der Waals surface area contributed by atoms with Crippen molar-refractivity contribution in [1.29, 1.82) is 0 Å². The minimum absolute atomic E-state index is 0.0258. The van der Waals surface area contributed by atoms with Gasteiger partial charge in [-0.15, -0.1) is 0 Å². The fourth-order valence-electron chi connectivity index (χ4n) is 4.79. The first kappa shape index (κ1) is 26.3. The molecule has 1 N–H and O–H groups in total. The van der Waals surface area contributed by atoms with Crippen LogP contribution in [0.2, 0.25) is 0 Å². The van der Waals surface area contributed by atoms with Gasteiger partial charge in [-0.05, 0) is 68.9 Å². The number of benzene rings is 2. The molecule has 1 atom stereocenters. The Bertz CT molecular complexity index is 1190. The molecule has 1 fully saturated rings. The highest BCUT2D eigenvalue weighted by Crippen LogP contribution is 2.43. The Morgan fingerprint density at radius 1 is 1.05 bits per heavy atom. The predicted octanol–water partition coefficient (Wildman–Crippen LogP) is 3.98. The van der Waals surface area contributed by atoms with Crippen LogP contribution in [-0.4, -0.2) is 73.3 Å². The molecule has 0 aliphatic carbocycles. The zero-order valence-electron chi connectivity index (χ0n) is 21.8. The second kappa shape index (κ2) is 11.6. The van der Waals surface area contributed by atoms with Crippen molar-refractivity contribution in [3.8, 4) is 23.0 Å². The van der Waals surface area contributed by atoms with E-state index in [0.717, 1.165) is 19.6 Å². The molecule has 0 spiro atoms. The van der Waals surface area contributed by atoms with Gasteiger partial charge in [0.15, 0.2) is 23.0 Å². The van der Waals surface area contributed by atoms with Crippen molar-refractivity contribution in [3.05, 3.63) is 53.1 Å². The molecule has 2 heterocycles. The van der Waals surface area contributed by atoms with Crippen LogP contribution in [0.15, 0.2) is 42.0 Å². The third-order valence-electron chi connectivity index (χ3n) is 6.76. The lowest BCUT2D eigenvalue weighted by Gasteiger charge is -2.27. The van der Waals surface area contributed by atoms with E-state index in [9.17, 15) is 14.7 Å². The molecule has 9 heteroatoms. The molecule has 1 saturated heterocycles. The maximum atomic E-state index is 13.3. The lowest BCUT2D eigenvalue weighted by atomic mass is 9.94. The van der Waals surface area contributed by atoms with Crippen molar-refractivity contribution in [2.75, 3.05) is 46.7 Å². The molecule has 2 aromatic carbocycles. The van der Waals surface area contributed by atoms with Gasteiger partial charge in [0.05, 0.1) is 25.3 Å². The molecule has 0 saturated carbocycles. The van der Waals surface area contributed by atoms with Crippen LogP contribution in [0.5, 0.6) is 23.0 Å². The van der Waals surface area contributed by atoms with Crippen molar-refractivity contribution < 1.29 is 33.6 Å². The van der Waals surface area contributed by atoms with E-state index in [0.29, 0.717) is 53.7 Å². The average molecular weight is 511 g/mol. The van der Waals surface area contributed by atoms with Gasteiger partial charge in [0.2, 0.25) is 6.79 Å². The van der Waals surface area contributed by atoms with E-state index in [4.69, 9.17) is 18.9 Å². The average Bonchev–Trinajstić information content (AvgIpc) is 3.49. The van der Waals surface area contributed by atoms with Gasteiger partial charge in [-0.3, -0.25) is 9.59 Å². The zero-order chi connectivity index (χ0) is 26.5. The first-order valence-corrected chi connectivity index (χ1v) is 12.6. The van der Waals surface area contributed by atoms with Crippen molar-refractivity contribution >= 4 is 17.4 Å². The number of nitrogens with zero attached hydrogens (tertiary/aromatic N) is 2. The van der Waals surface area contributed by atoms with Crippen molar-refractivity contribution in [3.63, 3.8) is 0 Å². The topological polar surface area (TPSA) is 97.8 Å². The number of aliphatic hydroxyl groups excluding tert-OH is 1. The van der Waals surface area contributed by atoms with Crippen LogP contribution in [0.25, 0.3) is 5.76 Å². The minimum atomic E-state index is -0.785. The number of methoxy groups -OCH3 is 1. The number of carbonyl (C=O) groups excluding carboxylic acids is 2. The van der Waals surface area contributed by atoms with E-state index in [1.807, 2.05) is 6.92 Å². The summed E-state index contributed by atoms with van der Waals surface area (Å²) < 4.78 is 22.0. The van der Waals surface area contributed by atoms with Crippen LogP contribution in [0.1, 0.15) is 44.4 Å². The van der Waals surface area contributed by atoms with Gasteiger partial charge in [-0.25, -0.2) is 0 Å². The second-order valence-electron chi connectivity index (χ2n) is 8.78. The van der Waals surface area contributed by atoms with Crippen molar-refractivity contribution in [2.45, 2.75) is 33.2 Å². The number of ketones is 1. The molecule has 0 radical (unpaired) electrons. The Hall–Kier alpha value is -3.72. The molecular weight excluding hydrogens is 476 g/mol. The Morgan fingerprint density at radius 3 is 2.51 bits per heavy atom. The molecular formula is C28H34N2O7. The van der Waals surface area contributed by atoms with Crippen LogP contribution in [-0.2, 0) is 9.59 Å². The number of hydrogen-bond acceptors (Lipinski definition) is 8. The van der Waals surface area contributed by atoms with E-state index >= 15 is 0 Å². The maximum Gasteiger partial charge on any atom is 0.295 e. The largest absolute Gasteiger partial charge is 0.507 e. The molecule has 0 aromatic heterocycles. The molecule has 198 valence electrons. The predicted molar refractivity (Wildman–Crippen MR) is 138 cm³/mol. The monoisotopic (exact) mass is 510 g/mol. The van der Waals surface area contributed by atoms with Crippen LogP contribution in [0, 0.1) is 0 Å². The molecule has 1 unspecified atom stereocenters. The summed E-state index contributed by atoms with van der Waals surface area (Å²) in [6, 6.07) is 9.46. The van der Waals surface area contributed by atoms with Crippen LogP contribution < -0.4 is 18.9 Å². The van der Waals surface area contributed by atoms with Gasteiger partial charge in [0.25, 0.3) is 11.7 Å². The summed E-state index contributed by atoms with van der Waals surface area (Å²) >= 11 is 0. The number of rotatable bonds is 11. The second-order valence-corrected chi connectivity index (χ2v) is 8.78. The first-order chi connectivity index (χ1) is 17.9. The Labute approximate surface area is 217 Å². The molecule has 4 rings (SSSR count). The summed E-state index contributed by atoms with van der Waals surface area (Å²) in [4.78, 5) is 30.4. The van der Waals surface area contributed by atoms with Crippen LogP contribution in [0.3, 0.4) is 0 Å². The molecule has 0 bridgehead atoms. The van der Waals surface area contributed by atoms with Crippen LogP contribution >= 0.6 is 0 Å². The summed E-state index contributed by atoms with van der Waals surface area (Å²) in [6.07, 6.45) is 0.684. The summed E-state index contributed by atoms with van der Waals surface area (Å²) in [5, 5.41) is 11.4. The highest BCUT2D eigenvalue weighted by molar-refractivity contribution is 6.46. The molecule has 9 nitrogen and oxygen atoms in total. The highest BCUT2D eigenvalue weighted by Gasteiger charge is 2.46. The molecule has 1 amide bonds. The number of ether oxygens (including phenoxy) is 4. The highest BCUT2D eigenvalue weighted by atomic mass is 16.7. The van der Waals surface area contributed by atoms with E-state index in [1.165, 1.54) is 7.11 Å². The van der Waals surface area contributed by atoms with Gasteiger partial charge >= 0.3 is 0 Å². The third-order valence-corrected chi connectivity index (χ3v) is 6.76. The fraction of sp³-hybridized carbons (Fsp3) is 0.429. The van der Waals surface area contributed by atoms with Gasteiger partial charge < -0.3 is 33.9 Å². The number of carbonyl (C=O) groups is 2. The van der Waals surface area contributed by atoms with Crippen molar-refractivity contribution in [1.82, 2.24) is 9.80 Å². The summed E-state index contributed by atoms with van der Waals surface area (Å²) in [6.45, 7) is 9.56. The van der Waals surface area contributed by atoms with Gasteiger partial charge in [-0.1, -0.05) is 19.9 Å². The van der Waals surface area contributed by atoms with Crippen LogP contribution in [0.4, 0.5) is 0 Å².